The summed E-state index contributed by atoms with van der Waals surface area (Å²) in [5.41, 5.74) is -0.0637. The van der Waals surface area contributed by atoms with Crippen LogP contribution in [0.5, 0.6) is 5.75 Å². The van der Waals surface area contributed by atoms with E-state index in [9.17, 15) is 18.3 Å². The third-order valence-electron chi connectivity index (χ3n) is 3.89. The molecule has 1 aliphatic heterocycles. The first-order valence-electron chi connectivity index (χ1n) is 7.40. The lowest BCUT2D eigenvalue weighted by Crippen LogP contribution is -2.40. The van der Waals surface area contributed by atoms with Crippen molar-refractivity contribution in [1.29, 1.82) is 0 Å². The van der Waals surface area contributed by atoms with Gasteiger partial charge < -0.3 is 10.4 Å². The van der Waals surface area contributed by atoms with Gasteiger partial charge in [-0.3, -0.25) is 19.0 Å². The summed E-state index contributed by atoms with van der Waals surface area (Å²) in [5.74, 6) is -0.758. The monoisotopic (exact) mass is 343 g/mol. The minimum absolute atomic E-state index is 0.00787. The van der Waals surface area contributed by atoms with Crippen LogP contribution in [-0.2, 0) is 10.3 Å². The molecule has 4 N–H and O–H groups in total. The Balaban J connectivity index is 2.05. The van der Waals surface area contributed by atoms with Crippen molar-refractivity contribution in [2.75, 3.05) is 24.4 Å². The van der Waals surface area contributed by atoms with Gasteiger partial charge in [-0.15, -0.1) is 0 Å². The van der Waals surface area contributed by atoms with E-state index in [-0.39, 0.29) is 23.0 Å². The Bertz CT molecular complexity index is 677. The van der Waals surface area contributed by atoms with E-state index in [0.29, 0.717) is 6.54 Å². The van der Waals surface area contributed by atoms with Gasteiger partial charge in [-0.25, -0.2) is 0 Å². The zero-order chi connectivity index (χ0) is 17.0. The van der Waals surface area contributed by atoms with Crippen LogP contribution in [0, 0.1) is 0 Å². The Kier molecular flexibility index (Phi) is 5.45. The molecule has 0 aliphatic carbocycles. The van der Waals surface area contributed by atoms with Gasteiger partial charge in [0.1, 0.15) is 5.75 Å². The first-order chi connectivity index (χ1) is 10.8. The van der Waals surface area contributed by atoms with Gasteiger partial charge >= 0.3 is 10.3 Å². The molecule has 1 saturated heterocycles. The number of nitrogens with one attached hydrogen (secondary N) is 2. The van der Waals surface area contributed by atoms with E-state index in [2.05, 4.69) is 17.1 Å². The van der Waals surface area contributed by atoms with Crippen LogP contribution >= 0.6 is 0 Å². The smallest absolute Gasteiger partial charge is 0.357 e. The highest BCUT2D eigenvalue weighted by atomic mass is 32.2. The van der Waals surface area contributed by atoms with Crippen molar-refractivity contribution in [1.82, 2.24) is 10.2 Å². The Morgan fingerprint density at radius 2 is 2.17 bits per heavy atom. The number of likely N-dealkylation sites (N-methyl/N-ethyl adjacent to an activating group) is 1. The molecule has 1 fully saturated rings. The molecule has 1 aromatic carbocycles. The zero-order valence-corrected chi connectivity index (χ0v) is 13.6. The first kappa shape index (κ1) is 17.5. The summed E-state index contributed by atoms with van der Waals surface area (Å²) in [6.07, 6.45) is 2.10. The maximum Gasteiger partial charge on any atom is 0.357 e. The van der Waals surface area contributed by atoms with E-state index in [1.807, 2.05) is 4.72 Å². The van der Waals surface area contributed by atoms with Crippen LogP contribution in [-0.4, -0.2) is 54.6 Å². The summed E-state index contributed by atoms with van der Waals surface area (Å²) in [4.78, 5) is 14.5. The van der Waals surface area contributed by atoms with Crippen molar-refractivity contribution in [2.24, 2.45) is 0 Å². The van der Waals surface area contributed by atoms with Gasteiger partial charge in [0.25, 0.3) is 5.91 Å². The molecule has 128 valence electrons. The van der Waals surface area contributed by atoms with E-state index >= 15 is 0 Å². The number of aromatic hydroxyl groups is 1. The lowest BCUT2D eigenvalue weighted by atomic mass is 10.1. The molecule has 1 aromatic rings. The van der Waals surface area contributed by atoms with Crippen LogP contribution in [0.1, 0.15) is 30.1 Å². The molecule has 1 unspecified atom stereocenters. The third kappa shape index (κ3) is 4.81. The molecule has 1 atom stereocenters. The second-order valence-corrected chi connectivity index (χ2v) is 6.60. The molecule has 0 saturated carbocycles. The summed E-state index contributed by atoms with van der Waals surface area (Å²) in [5, 5.41) is 12.5. The summed E-state index contributed by atoms with van der Waals surface area (Å²) in [6.45, 7) is 4.45. The SMILES string of the molecule is CCN1CCCC1CNC(=O)c1cc(NS(=O)(=O)O)ccc1O. The number of hydrogen-bond acceptors (Lipinski definition) is 5. The largest absolute Gasteiger partial charge is 0.507 e. The number of nitrogens with zero attached hydrogens (tertiary/aromatic N) is 1. The van der Waals surface area contributed by atoms with Crippen LogP contribution in [0.4, 0.5) is 5.69 Å². The van der Waals surface area contributed by atoms with Crippen LogP contribution in [0.2, 0.25) is 0 Å². The molecular formula is C14H21N3O5S. The molecule has 0 aromatic heterocycles. The van der Waals surface area contributed by atoms with Gasteiger partial charge in [-0.2, -0.15) is 8.42 Å². The molecule has 1 aliphatic rings. The molecule has 0 radical (unpaired) electrons. The number of rotatable bonds is 6. The minimum Gasteiger partial charge on any atom is -0.507 e. The standard InChI is InChI=1S/C14H21N3O5S/c1-2-17-7-3-4-11(17)9-15-14(19)12-8-10(5-6-13(12)18)16-23(20,21)22/h5-6,8,11,16,18H,2-4,7,9H2,1H3,(H,15,19)(H,20,21,22). The first-order valence-corrected chi connectivity index (χ1v) is 8.84. The van der Waals surface area contributed by atoms with E-state index in [0.717, 1.165) is 25.9 Å². The van der Waals surface area contributed by atoms with Crippen molar-refractivity contribution < 1.29 is 22.9 Å². The van der Waals surface area contributed by atoms with E-state index in [4.69, 9.17) is 4.55 Å². The minimum atomic E-state index is -4.44. The van der Waals surface area contributed by atoms with Crippen molar-refractivity contribution in [3.63, 3.8) is 0 Å². The zero-order valence-electron chi connectivity index (χ0n) is 12.8. The van der Waals surface area contributed by atoms with E-state index in [1.165, 1.54) is 18.2 Å². The lowest BCUT2D eigenvalue weighted by Gasteiger charge is -2.23. The number of hydrogen-bond donors (Lipinski definition) is 4. The molecule has 0 spiro atoms. The topological polar surface area (TPSA) is 119 Å². The second kappa shape index (κ2) is 7.16. The van der Waals surface area contributed by atoms with Gasteiger partial charge in [0, 0.05) is 12.6 Å². The number of benzene rings is 1. The Morgan fingerprint density at radius 1 is 1.43 bits per heavy atom. The van der Waals surface area contributed by atoms with Crippen LogP contribution < -0.4 is 10.0 Å². The van der Waals surface area contributed by atoms with Crippen molar-refractivity contribution in [3.8, 4) is 5.75 Å². The predicted molar refractivity (Wildman–Crippen MR) is 85.9 cm³/mol. The maximum absolute atomic E-state index is 12.2. The van der Waals surface area contributed by atoms with Gasteiger partial charge in [-0.1, -0.05) is 6.92 Å². The molecule has 1 heterocycles. The van der Waals surface area contributed by atoms with Gasteiger partial charge in [0.2, 0.25) is 0 Å². The van der Waals surface area contributed by atoms with Crippen LogP contribution in [0.3, 0.4) is 0 Å². The van der Waals surface area contributed by atoms with Crippen molar-refractivity contribution >= 4 is 21.9 Å². The van der Waals surface area contributed by atoms with Crippen LogP contribution in [0.25, 0.3) is 0 Å². The summed E-state index contributed by atoms with van der Waals surface area (Å²) in [6, 6.07) is 3.88. The maximum atomic E-state index is 12.2. The fourth-order valence-corrected chi connectivity index (χ4v) is 3.20. The van der Waals surface area contributed by atoms with Gasteiger partial charge in [-0.05, 0) is 44.1 Å². The van der Waals surface area contributed by atoms with Crippen molar-refractivity contribution in [3.05, 3.63) is 23.8 Å². The highest BCUT2D eigenvalue weighted by molar-refractivity contribution is 7.87. The summed E-state index contributed by atoms with van der Waals surface area (Å²) >= 11 is 0. The number of phenolic OH excluding ortho intramolecular Hbond substituents is 1. The molecule has 23 heavy (non-hydrogen) atoms. The average molecular weight is 343 g/mol. The fraction of sp³-hybridized carbons (Fsp3) is 0.500. The van der Waals surface area contributed by atoms with E-state index < -0.39 is 16.2 Å². The normalized spacial score (nSPS) is 18.8. The van der Waals surface area contributed by atoms with Crippen LogP contribution in [0.15, 0.2) is 18.2 Å². The molecule has 1 amide bonds. The van der Waals surface area contributed by atoms with Crippen molar-refractivity contribution in [2.45, 2.75) is 25.8 Å². The number of amides is 1. The Labute approximate surface area is 135 Å². The predicted octanol–water partition coefficient (Wildman–Crippen LogP) is 0.821. The summed E-state index contributed by atoms with van der Waals surface area (Å²) in [7, 11) is -4.44. The Hall–Kier alpha value is -1.84. The van der Waals surface area contributed by atoms with Gasteiger partial charge in [0.05, 0.1) is 11.3 Å². The lowest BCUT2D eigenvalue weighted by molar-refractivity contribution is 0.0938. The average Bonchev–Trinajstić information content (AvgIpc) is 2.92. The number of likely N-dealkylation sites (tertiary alicyclic amines) is 1. The molecule has 0 bridgehead atoms. The Morgan fingerprint density at radius 3 is 2.83 bits per heavy atom. The van der Waals surface area contributed by atoms with Gasteiger partial charge in [0.15, 0.2) is 0 Å². The number of phenols is 1. The number of carbonyl (C=O) groups is 1. The fourth-order valence-electron chi connectivity index (χ4n) is 2.78. The second-order valence-electron chi connectivity index (χ2n) is 5.44. The van der Waals surface area contributed by atoms with E-state index in [1.54, 1.807) is 0 Å². The number of carbonyl (C=O) groups excluding carboxylic acids is 1. The quantitative estimate of drug-likeness (QED) is 0.448. The number of anilines is 1. The highest BCUT2D eigenvalue weighted by Gasteiger charge is 2.24. The third-order valence-corrected chi connectivity index (χ3v) is 4.39. The highest BCUT2D eigenvalue weighted by Crippen LogP contribution is 2.22. The molecule has 8 nitrogen and oxygen atoms in total. The molecule has 9 heteroatoms. The molecule has 2 rings (SSSR count). The molecular weight excluding hydrogens is 322 g/mol. The summed E-state index contributed by atoms with van der Waals surface area (Å²) < 4.78 is 32.2.